The van der Waals surface area contributed by atoms with E-state index in [0.29, 0.717) is 11.7 Å². The highest BCUT2D eigenvalue weighted by Crippen LogP contribution is 2.17. The molecule has 2 aromatic rings. The minimum absolute atomic E-state index is 0.316. The van der Waals surface area contributed by atoms with Crippen molar-refractivity contribution in [2.45, 2.75) is 19.9 Å². The van der Waals surface area contributed by atoms with E-state index in [1.54, 1.807) is 12.1 Å². The van der Waals surface area contributed by atoms with Crippen molar-refractivity contribution < 1.29 is 9.84 Å². The predicted octanol–water partition coefficient (Wildman–Crippen LogP) is 2.79. The molecule has 2 heterocycles. The zero-order valence-corrected chi connectivity index (χ0v) is 13.6. The molecule has 4 nitrogen and oxygen atoms in total. The highest BCUT2D eigenvalue weighted by Gasteiger charge is 2.19. The molecule has 1 N–H and O–H groups in total. The van der Waals surface area contributed by atoms with Crippen LogP contribution in [0.1, 0.15) is 17.0 Å². The van der Waals surface area contributed by atoms with E-state index < -0.39 is 0 Å². The molecule has 0 amide bonds. The van der Waals surface area contributed by atoms with Crippen LogP contribution in [0.3, 0.4) is 0 Å². The molecule has 1 fully saturated rings. The number of aryl methyl sites for hydroxylation is 1. The van der Waals surface area contributed by atoms with Gasteiger partial charge in [-0.25, -0.2) is 0 Å². The third-order valence-electron chi connectivity index (χ3n) is 4.21. The SMILES string of the molecule is Cc1cccc(C[C@H]2COCCN(Cc3ccc(O)cc3)C2)n1. The van der Waals surface area contributed by atoms with E-state index >= 15 is 0 Å². The van der Waals surface area contributed by atoms with Crippen LogP contribution in [0.25, 0.3) is 0 Å². The molecule has 1 aromatic carbocycles. The van der Waals surface area contributed by atoms with Crippen molar-refractivity contribution >= 4 is 0 Å². The van der Waals surface area contributed by atoms with Gasteiger partial charge in [-0.1, -0.05) is 18.2 Å². The largest absolute Gasteiger partial charge is 0.508 e. The third-order valence-corrected chi connectivity index (χ3v) is 4.21. The average molecular weight is 312 g/mol. The first-order valence-electron chi connectivity index (χ1n) is 8.19. The monoisotopic (exact) mass is 312 g/mol. The van der Waals surface area contributed by atoms with Gasteiger partial charge in [-0.3, -0.25) is 9.88 Å². The van der Waals surface area contributed by atoms with Gasteiger partial charge < -0.3 is 9.84 Å². The van der Waals surface area contributed by atoms with Gasteiger partial charge in [0.25, 0.3) is 0 Å². The summed E-state index contributed by atoms with van der Waals surface area (Å²) < 4.78 is 5.79. The number of benzene rings is 1. The van der Waals surface area contributed by atoms with Crippen LogP contribution in [-0.4, -0.2) is 41.3 Å². The van der Waals surface area contributed by atoms with Crippen molar-refractivity contribution in [2.24, 2.45) is 5.92 Å². The maximum Gasteiger partial charge on any atom is 0.115 e. The standard InChI is InChI=1S/C19H24N2O2/c1-15-3-2-4-18(20-15)11-17-13-21(9-10-23-14-17)12-16-5-7-19(22)8-6-16/h2-8,17,22H,9-14H2,1H3/t17-/m1/s1. The second-order valence-corrected chi connectivity index (χ2v) is 6.32. The molecule has 4 heteroatoms. The molecule has 23 heavy (non-hydrogen) atoms. The Kier molecular flexibility index (Phi) is 5.26. The molecule has 0 unspecified atom stereocenters. The molecule has 122 valence electrons. The molecule has 0 aliphatic carbocycles. The first kappa shape index (κ1) is 16.0. The molecule has 1 aliphatic heterocycles. The Labute approximate surface area is 137 Å². The van der Waals surface area contributed by atoms with Gasteiger partial charge in [-0.2, -0.15) is 0 Å². The second-order valence-electron chi connectivity index (χ2n) is 6.32. The second kappa shape index (κ2) is 7.57. The van der Waals surface area contributed by atoms with Gasteiger partial charge in [0.15, 0.2) is 0 Å². The molecular formula is C19H24N2O2. The first-order chi connectivity index (χ1) is 11.2. The van der Waals surface area contributed by atoms with Gasteiger partial charge in [0.1, 0.15) is 5.75 Å². The average Bonchev–Trinajstić information content (AvgIpc) is 2.75. The van der Waals surface area contributed by atoms with Crippen molar-refractivity contribution in [3.63, 3.8) is 0 Å². The summed E-state index contributed by atoms with van der Waals surface area (Å²) in [5, 5.41) is 9.40. The minimum Gasteiger partial charge on any atom is -0.508 e. The number of hydrogen-bond donors (Lipinski definition) is 1. The highest BCUT2D eigenvalue weighted by atomic mass is 16.5. The van der Waals surface area contributed by atoms with Crippen LogP contribution in [-0.2, 0) is 17.7 Å². The van der Waals surface area contributed by atoms with E-state index in [-0.39, 0.29) is 0 Å². The Balaban J connectivity index is 1.62. The van der Waals surface area contributed by atoms with Crippen LogP contribution < -0.4 is 0 Å². The molecule has 0 saturated carbocycles. The van der Waals surface area contributed by atoms with Gasteiger partial charge in [-0.05, 0) is 43.2 Å². The van der Waals surface area contributed by atoms with E-state index in [2.05, 4.69) is 22.0 Å². The molecule has 0 radical (unpaired) electrons. The number of rotatable bonds is 4. The Hall–Kier alpha value is -1.91. The van der Waals surface area contributed by atoms with E-state index in [1.807, 2.05) is 25.1 Å². The number of nitrogens with zero attached hydrogens (tertiary/aromatic N) is 2. The zero-order chi connectivity index (χ0) is 16.1. The van der Waals surface area contributed by atoms with Crippen molar-refractivity contribution in [1.82, 2.24) is 9.88 Å². The fourth-order valence-electron chi connectivity index (χ4n) is 3.09. The van der Waals surface area contributed by atoms with Gasteiger partial charge in [0.05, 0.1) is 13.2 Å². The van der Waals surface area contributed by atoms with Crippen molar-refractivity contribution in [3.8, 4) is 5.75 Å². The van der Waals surface area contributed by atoms with Gasteiger partial charge in [-0.15, -0.1) is 0 Å². The molecule has 0 bridgehead atoms. The summed E-state index contributed by atoms with van der Waals surface area (Å²) in [4.78, 5) is 7.05. The Morgan fingerprint density at radius 3 is 2.83 bits per heavy atom. The summed E-state index contributed by atoms with van der Waals surface area (Å²) in [6.07, 6.45) is 0.952. The predicted molar refractivity (Wildman–Crippen MR) is 90.4 cm³/mol. The van der Waals surface area contributed by atoms with Crippen LogP contribution in [0, 0.1) is 12.8 Å². The Morgan fingerprint density at radius 2 is 2.04 bits per heavy atom. The molecule has 1 atom stereocenters. The number of phenolic OH excluding ortho intramolecular Hbond substituents is 1. The minimum atomic E-state index is 0.316. The van der Waals surface area contributed by atoms with Crippen LogP contribution in [0.5, 0.6) is 5.75 Å². The number of pyridine rings is 1. The quantitative estimate of drug-likeness (QED) is 0.943. The van der Waals surface area contributed by atoms with Crippen molar-refractivity contribution in [1.29, 1.82) is 0 Å². The summed E-state index contributed by atoms with van der Waals surface area (Å²) in [7, 11) is 0. The Bertz CT molecular complexity index is 628. The molecule has 3 rings (SSSR count). The fourth-order valence-corrected chi connectivity index (χ4v) is 3.09. The van der Waals surface area contributed by atoms with Crippen LogP contribution >= 0.6 is 0 Å². The lowest BCUT2D eigenvalue weighted by Crippen LogP contribution is -2.30. The first-order valence-corrected chi connectivity index (χ1v) is 8.19. The lowest BCUT2D eigenvalue weighted by molar-refractivity contribution is 0.121. The number of ether oxygens (including phenoxy) is 1. The Morgan fingerprint density at radius 1 is 1.22 bits per heavy atom. The summed E-state index contributed by atoms with van der Waals surface area (Å²) in [6.45, 7) is 6.44. The molecule has 1 aliphatic rings. The topological polar surface area (TPSA) is 45.6 Å². The van der Waals surface area contributed by atoms with E-state index in [0.717, 1.165) is 50.7 Å². The molecule has 1 aromatic heterocycles. The van der Waals surface area contributed by atoms with Crippen molar-refractivity contribution in [3.05, 3.63) is 59.4 Å². The van der Waals surface area contributed by atoms with Crippen molar-refractivity contribution in [2.75, 3.05) is 26.3 Å². The zero-order valence-electron chi connectivity index (χ0n) is 13.6. The summed E-state index contributed by atoms with van der Waals surface area (Å²) in [5.74, 6) is 0.778. The maximum atomic E-state index is 9.40. The van der Waals surface area contributed by atoms with E-state index in [1.165, 1.54) is 5.56 Å². The van der Waals surface area contributed by atoms with Crippen LogP contribution in [0.15, 0.2) is 42.5 Å². The molecular weight excluding hydrogens is 288 g/mol. The molecule has 0 spiro atoms. The van der Waals surface area contributed by atoms with Gasteiger partial charge in [0.2, 0.25) is 0 Å². The lowest BCUT2D eigenvalue weighted by Gasteiger charge is -2.23. The van der Waals surface area contributed by atoms with Crippen LogP contribution in [0.2, 0.25) is 0 Å². The van der Waals surface area contributed by atoms with E-state index in [9.17, 15) is 5.11 Å². The number of phenols is 1. The number of aromatic hydroxyl groups is 1. The summed E-state index contributed by atoms with van der Waals surface area (Å²) in [5.41, 5.74) is 3.43. The maximum absolute atomic E-state index is 9.40. The molecule has 1 saturated heterocycles. The smallest absolute Gasteiger partial charge is 0.115 e. The number of hydrogen-bond acceptors (Lipinski definition) is 4. The summed E-state index contributed by atoms with van der Waals surface area (Å²) in [6, 6.07) is 13.7. The number of aromatic nitrogens is 1. The lowest BCUT2D eigenvalue weighted by atomic mass is 10.0. The van der Waals surface area contributed by atoms with E-state index in [4.69, 9.17) is 4.74 Å². The highest BCUT2D eigenvalue weighted by molar-refractivity contribution is 5.25. The fraction of sp³-hybridized carbons (Fsp3) is 0.421. The normalized spacial score (nSPS) is 19.4. The van der Waals surface area contributed by atoms with Gasteiger partial charge >= 0.3 is 0 Å². The van der Waals surface area contributed by atoms with Gasteiger partial charge in [0, 0.05) is 36.9 Å². The van der Waals surface area contributed by atoms with Crippen LogP contribution in [0.4, 0.5) is 0 Å². The summed E-state index contributed by atoms with van der Waals surface area (Å²) >= 11 is 0. The third kappa shape index (κ3) is 4.78.